The summed E-state index contributed by atoms with van der Waals surface area (Å²) in [5, 5.41) is 3.39. The molecule has 1 amide bonds. The van der Waals surface area contributed by atoms with Crippen LogP contribution in [-0.2, 0) is 21.2 Å². The van der Waals surface area contributed by atoms with E-state index in [2.05, 4.69) is 16.4 Å². The van der Waals surface area contributed by atoms with Gasteiger partial charge >= 0.3 is 0 Å². The predicted molar refractivity (Wildman–Crippen MR) is 124 cm³/mol. The largest absolute Gasteiger partial charge is 0.373 e. The van der Waals surface area contributed by atoms with Crippen LogP contribution in [0.15, 0.2) is 53.4 Å². The van der Waals surface area contributed by atoms with E-state index >= 15 is 0 Å². The van der Waals surface area contributed by atoms with E-state index in [1.54, 1.807) is 0 Å². The lowest BCUT2D eigenvalue weighted by Crippen LogP contribution is -2.48. The fraction of sp³-hybridized carbons (Fsp3) is 0.304. The molecule has 1 fully saturated rings. The highest BCUT2D eigenvalue weighted by molar-refractivity contribution is 7.89. The Hall–Kier alpha value is -2.59. The molecule has 0 radical (unpaired) electrons. The van der Waals surface area contributed by atoms with Gasteiger partial charge in [-0.2, -0.15) is 4.31 Å². The number of morpholine rings is 1. The minimum atomic E-state index is -3.64. The minimum absolute atomic E-state index is 0.162. The second-order valence-corrected chi connectivity index (χ2v) is 11.2. The van der Waals surface area contributed by atoms with Gasteiger partial charge in [-0.25, -0.2) is 13.4 Å². The number of nitrogens with zero attached hydrogens (tertiary/aromatic N) is 2. The van der Waals surface area contributed by atoms with Crippen molar-refractivity contribution in [3.8, 4) is 11.3 Å². The molecular weight excluding hydrogens is 446 g/mol. The fourth-order valence-corrected chi connectivity index (χ4v) is 6.82. The van der Waals surface area contributed by atoms with Crippen LogP contribution in [-0.4, -0.2) is 48.9 Å². The Morgan fingerprint density at radius 1 is 1.09 bits per heavy atom. The topological polar surface area (TPSA) is 88.6 Å². The number of sulfonamides is 1. The van der Waals surface area contributed by atoms with Crippen molar-refractivity contribution in [3.05, 3.63) is 64.5 Å². The first-order valence-electron chi connectivity index (χ1n) is 10.5. The molecule has 2 aromatic carbocycles. The Morgan fingerprint density at radius 3 is 2.50 bits per heavy atom. The highest BCUT2D eigenvalue weighted by atomic mass is 32.2. The van der Waals surface area contributed by atoms with Crippen LogP contribution in [0.4, 0.5) is 5.13 Å². The zero-order valence-corrected chi connectivity index (χ0v) is 19.4. The van der Waals surface area contributed by atoms with Crippen LogP contribution in [0.3, 0.4) is 0 Å². The van der Waals surface area contributed by atoms with Gasteiger partial charge in [0.05, 0.1) is 22.8 Å². The summed E-state index contributed by atoms with van der Waals surface area (Å²) in [5.74, 6) is -0.316. The van der Waals surface area contributed by atoms with Crippen LogP contribution in [0.2, 0.25) is 0 Å². The summed E-state index contributed by atoms with van der Waals surface area (Å²) < 4.78 is 33.1. The molecule has 2 aliphatic rings. The highest BCUT2D eigenvalue weighted by Crippen LogP contribution is 2.40. The first kappa shape index (κ1) is 21.3. The van der Waals surface area contributed by atoms with Crippen molar-refractivity contribution in [3.63, 3.8) is 0 Å². The molecule has 0 bridgehead atoms. The van der Waals surface area contributed by atoms with Gasteiger partial charge in [-0.15, -0.1) is 11.3 Å². The maximum Gasteiger partial charge on any atom is 0.257 e. The lowest BCUT2D eigenvalue weighted by atomic mass is 10.1. The number of ether oxygens (including phenoxy) is 1. The van der Waals surface area contributed by atoms with E-state index in [0.717, 1.165) is 22.6 Å². The van der Waals surface area contributed by atoms with Gasteiger partial charge in [-0.3, -0.25) is 10.1 Å². The van der Waals surface area contributed by atoms with E-state index in [1.807, 2.05) is 32.0 Å². The summed E-state index contributed by atoms with van der Waals surface area (Å²) in [5.41, 5.74) is 3.67. The van der Waals surface area contributed by atoms with E-state index in [1.165, 1.54) is 45.5 Å². The van der Waals surface area contributed by atoms with Crippen molar-refractivity contribution < 1.29 is 17.9 Å². The number of rotatable bonds is 4. The lowest BCUT2D eigenvalue weighted by molar-refractivity contribution is -0.0440. The Kier molecular flexibility index (Phi) is 5.37. The van der Waals surface area contributed by atoms with E-state index in [0.29, 0.717) is 23.8 Å². The summed E-state index contributed by atoms with van der Waals surface area (Å²) >= 11 is 1.47. The standard InChI is InChI=1S/C23H23N3O4S2/c1-14-12-26(13-15(2)30-14)32(28,29)18-9-7-16(8-10-18)22(27)25-23-24-21-19-6-4-3-5-17(19)11-20(21)31-23/h3-10,14-15H,11-13H2,1-2H3,(H,24,25,27)/t14-,15-/m0/s1. The van der Waals surface area contributed by atoms with Crippen LogP contribution in [0.25, 0.3) is 11.3 Å². The number of hydrogen-bond acceptors (Lipinski definition) is 6. The average molecular weight is 470 g/mol. The monoisotopic (exact) mass is 469 g/mol. The maximum atomic E-state index is 13.0. The van der Waals surface area contributed by atoms with Crippen molar-refractivity contribution in [2.45, 2.75) is 37.4 Å². The Morgan fingerprint density at radius 2 is 1.78 bits per heavy atom. The van der Waals surface area contributed by atoms with Gasteiger partial charge in [0.25, 0.3) is 5.91 Å². The van der Waals surface area contributed by atoms with Crippen molar-refractivity contribution in [1.82, 2.24) is 9.29 Å². The molecule has 1 aliphatic carbocycles. The molecule has 5 rings (SSSR count). The van der Waals surface area contributed by atoms with E-state index in [-0.39, 0.29) is 23.0 Å². The van der Waals surface area contributed by atoms with Crippen LogP contribution < -0.4 is 5.32 Å². The van der Waals surface area contributed by atoms with Crippen molar-refractivity contribution in [2.75, 3.05) is 18.4 Å². The SMILES string of the molecule is C[C@H]1CN(S(=O)(=O)c2ccc(C(=O)Nc3nc4c(s3)Cc3ccccc3-4)cc2)C[C@H](C)O1. The third-order valence-electron chi connectivity index (χ3n) is 5.68. The van der Waals surface area contributed by atoms with Gasteiger partial charge in [-0.05, 0) is 43.7 Å². The van der Waals surface area contributed by atoms with Gasteiger partial charge in [0, 0.05) is 35.5 Å². The number of benzene rings is 2. The van der Waals surface area contributed by atoms with Crippen molar-refractivity contribution in [1.29, 1.82) is 0 Å². The Bertz CT molecular complexity index is 1270. The van der Waals surface area contributed by atoms with Gasteiger partial charge in [0.15, 0.2) is 5.13 Å². The molecule has 0 saturated carbocycles. The zero-order chi connectivity index (χ0) is 22.5. The first-order chi connectivity index (χ1) is 15.3. The van der Waals surface area contributed by atoms with Crippen LogP contribution in [0.5, 0.6) is 0 Å². The predicted octanol–water partition coefficient (Wildman–Crippen LogP) is 3.76. The molecule has 0 spiro atoms. The van der Waals surface area contributed by atoms with Crippen molar-refractivity contribution >= 4 is 32.4 Å². The molecule has 1 saturated heterocycles. The first-order valence-corrected chi connectivity index (χ1v) is 12.7. The number of nitrogens with one attached hydrogen (secondary N) is 1. The number of carbonyl (C=O) groups is 1. The summed E-state index contributed by atoms with van der Waals surface area (Å²) in [6.07, 6.45) is 0.501. The van der Waals surface area contributed by atoms with Gasteiger partial charge in [-0.1, -0.05) is 24.3 Å². The summed E-state index contributed by atoms with van der Waals surface area (Å²) in [4.78, 5) is 18.6. The van der Waals surface area contributed by atoms with Gasteiger partial charge in [0.2, 0.25) is 10.0 Å². The van der Waals surface area contributed by atoms with Crippen LogP contribution in [0.1, 0.15) is 34.6 Å². The average Bonchev–Trinajstić information content (AvgIpc) is 3.30. The molecule has 2 heterocycles. The molecule has 1 aromatic heterocycles. The number of hydrogen-bond donors (Lipinski definition) is 1. The fourth-order valence-electron chi connectivity index (χ4n) is 4.24. The number of fused-ring (bicyclic) bond motifs is 3. The molecular formula is C23H23N3O4S2. The van der Waals surface area contributed by atoms with Crippen LogP contribution >= 0.6 is 11.3 Å². The smallest absolute Gasteiger partial charge is 0.257 e. The second-order valence-electron chi connectivity index (χ2n) is 8.18. The molecule has 32 heavy (non-hydrogen) atoms. The zero-order valence-electron chi connectivity index (χ0n) is 17.7. The van der Waals surface area contributed by atoms with Crippen molar-refractivity contribution in [2.24, 2.45) is 0 Å². The van der Waals surface area contributed by atoms with Gasteiger partial charge in [0.1, 0.15) is 0 Å². The summed E-state index contributed by atoms with van der Waals surface area (Å²) in [7, 11) is -3.64. The molecule has 9 heteroatoms. The van der Waals surface area contributed by atoms with Gasteiger partial charge < -0.3 is 4.74 Å². The molecule has 3 aromatic rings. The van der Waals surface area contributed by atoms with E-state index < -0.39 is 10.0 Å². The Balaban J connectivity index is 1.30. The number of carbonyl (C=O) groups excluding carboxylic acids is 1. The second kappa shape index (κ2) is 8.08. The lowest BCUT2D eigenvalue weighted by Gasteiger charge is -2.34. The molecule has 1 N–H and O–H groups in total. The maximum absolute atomic E-state index is 13.0. The number of thiazole rings is 1. The normalized spacial score (nSPS) is 20.6. The van der Waals surface area contributed by atoms with Crippen LogP contribution in [0, 0.1) is 0 Å². The number of anilines is 1. The third kappa shape index (κ3) is 3.86. The molecule has 1 aliphatic heterocycles. The molecule has 0 unspecified atom stereocenters. The summed E-state index contributed by atoms with van der Waals surface area (Å²) in [6, 6.07) is 14.2. The quantitative estimate of drug-likeness (QED) is 0.492. The molecule has 7 nitrogen and oxygen atoms in total. The third-order valence-corrected chi connectivity index (χ3v) is 8.50. The van der Waals surface area contributed by atoms with E-state index in [9.17, 15) is 13.2 Å². The number of aromatic nitrogens is 1. The minimum Gasteiger partial charge on any atom is -0.373 e. The summed E-state index contributed by atoms with van der Waals surface area (Å²) in [6.45, 7) is 4.34. The molecule has 166 valence electrons. The molecule has 2 atom stereocenters. The highest BCUT2D eigenvalue weighted by Gasteiger charge is 2.32. The number of amides is 1. The van der Waals surface area contributed by atoms with E-state index in [4.69, 9.17) is 4.74 Å². The Labute approximate surface area is 191 Å².